The second-order valence-corrected chi connectivity index (χ2v) is 5.88. The van der Waals surface area contributed by atoms with Crippen LogP contribution in [0.15, 0.2) is 30.3 Å². The largest absolute Gasteiger partial charge is 0.352 e. The maximum atomic E-state index is 11.8. The van der Waals surface area contributed by atoms with Crippen LogP contribution in [0.3, 0.4) is 0 Å². The van der Waals surface area contributed by atoms with E-state index in [0.29, 0.717) is 12.6 Å². The van der Waals surface area contributed by atoms with Gasteiger partial charge in [-0.25, -0.2) is 0 Å². The topological polar surface area (TPSA) is 35.6 Å². The molecule has 1 aliphatic carbocycles. The number of nitrogens with zero attached hydrogens (tertiary/aromatic N) is 2. The minimum absolute atomic E-state index is 0.198. The average molecular weight is 273 g/mol. The Bertz CT molecular complexity index is 436. The van der Waals surface area contributed by atoms with Gasteiger partial charge in [-0.05, 0) is 18.4 Å². The third-order valence-electron chi connectivity index (χ3n) is 4.02. The Kier molecular flexibility index (Phi) is 4.33. The predicted molar refractivity (Wildman–Crippen MR) is 79.3 cm³/mol. The monoisotopic (exact) mass is 273 g/mol. The fourth-order valence-corrected chi connectivity index (χ4v) is 2.65. The molecule has 20 heavy (non-hydrogen) atoms. The second kappa shape index (κ2) is 6.37. The molecule has 1 saturated carbocycles. The highest BCUT2D eigenvalue weighted by molar-refractivity contribution is 5.78. The van der Waals surface area contributed by atoms with E-state index in [-0.39, 0.29) is 5.91 Å². The van der Waals surface area contributed by atoms with E-state index in [2.05, 4.69) is 45.4 Å². The van der Waals surface area contributed by atoms with E-state index in [1.807, 2.05) is 0 Å². The molecule has 1 aliphatic heterocycles. The van der Waals surface area contributed by atoms with Gasteiger partial charge in [0.15, 0.2) is 0 Å². The van der Waals surface area contributed by atoms with Crippen LogP contribution < -0.4 is 5.32 Å². The highest BCUT2D eigenvalue weighted by atomic mass is 16.2. The molecular formula is C16H23N3O. The number of carbonyl (C=O) groups excluding carboxylic acids is 1. The number of rotatable bonds is 5. The third kappa shape index (κ3) is 4.05. The summed E-state index contributed by atoms with van der Waals surface area (Å²) in [5.41, 5.74) is 1.37. The van der Waals surface area contributed by atoms with E-state index in [9.17, 15) is 4.79 Å². The number of benzene rings is 1. The van der Waals surface area contributed by atoms with Gasteiger partial charge in [0, 0.05) is 38.8 Å². The summed E-state index contributed by atoms with van der Waals surface area (Å²) in [5.74, 6) is 0.198. The van der Waals surface area contributed by atoms with Crippen molar-refractivity contribution in [2.24, 2.45) is 0 Å². The summed E-state index contributed by atoms with van der Waals surface area (Å²) in [6.07, 6.45) is 2.33. The molecule has 1 amide bonds. The highest BCUT2D eigenvalue weighted by Crippen LogP contribution is 2.18. The first-order valence-electron chi connectivity index (χ1n) is 7.57. The van der Waals surface area contributed by atoms with Crippen molar-refractivity contribution in [2.75, 3.05) is 32.7 Å². The normalized spacial score (nSPS) is 20.8. The summed E-state index contributed by atoms with van der Waals surface area (Å²) in [7, 11) is 0. The predicted octanol–water partition coefficient (Wildman–Crippen LogP) is 1.08. The Hall–Kier alpha value is -1.39. The zero-order valence-corrected chi connectivity index (χ0v) is 11.9. The Balaban J connectivity index is 1.39. The molecule has 1 saturated heterocycles. The van der Waals surface area contributed by atoms with E-state index < -0.39 is 0 Å². The summed E-state index contributed by atoms with van der Waals surface area (Å²) in [6.45, 7) is 5.66. The van der Waals surface area contributed by atoms with Gasteiger partial charge >= 0.3 is 0 Å². The first kappa shape index (κ1) is 13.6. The third-order valence-corrected chi connectivity index (χ3v) is 4.02. The van der Waals surface area contributed by atoms with Crippen molar-refractivity contribution in [1.29, 1.82) is 0 Å². The van der Waals surface area contributed by atoms with E-state index in [1.165, 1.54) is 5.56 Å². The van der Waals surface area contributed by atoms with Gasteiger partial charge in [-0.2, -0.15) is 0 Å². The molecule has 0 aromatic heterocycles. The van der Waals surface area contributed by atoms with Gasteiger partial charge in [-0.15, -0.1) is 0 Å². The first-order valence-corrected chi connectivity index (χ1v) is 7.57. The van der Waals surface area contributed by atoms with Crippen molar-refractivity contribution in [3.63, 3.8) is 0 Å². The van der Waals surface area contributed by atoms with E-state index in [4.69, 9.17) is 0 Å². The Morgan fingerprint density at radius 2 is 1.70 bits per heavy atom. The molecule has 0 unspecified atom stereocenters. The number of amides is 1. The number of nitrogens with one attached hydrogen (secondary N) is 1. The standard InChI is InChI=1S/C16H23N3O/c20-16(17-15-6-7-15)13-19-10-8-18(9-11-19)12-14-4-2-1-3-5-14/h1-5,15H,6-13H2,(H,17,20). The Morgan fingerprint density at radius 1 is 1.05 bits per heavy atom. The van der Waals surface area contributed by atoms with Gasteiger partial charge in [0.2, 0.25) is 5.91 Å². The van der Waals surface area contributed by atoms with Crippen LogP contribution in [0.2, 0.25) is 0 Å². The molecule has 1 heterocycles. The number of hydrogen-bond acceptors (Lipinski definition) is 3. The molecule has 3 rings (SSSR count). The van der Waals surface area contributed by atoms with Gasteiger partial charge in [0.25, 0.3) is 0 Å². The van der Waals surface area contributed by atoms with Crippen molar-refractivity contribution in [3.05, 3.63) is 35.9 Å². The van der Waals surface area contributed by atoms with Crippen molar-refractivity contribution < 1.29 is 4.79 Å². The van der Waals surface area contributed by atoms with Gasteiger partial charge in [-0.1, -0.05) is 30.3 Å². The highest BCUT2D eigenvalue weighted by Gasteiger charge is 2.25. The molecule has 4 nitrogen and oxygen atoms in total. The quantitative estimate of drug-likeness (QED) is 0.872. The lowest BCUT2D eigenvalue weighted by Crippen LogP contribution is -2.49. The van der Waals surface area contributed by atoms with Gasteiger partial charge in [0.05, 0.1) is 6.54 Å². The number of piperazine rings is 1. The van der Waals surface area contributed by atoms with Crippen LogP contribution in [0.25, 0.3) is 0 Å². The molecular weight excluding hydrogens is 250 g/mol. The van der Waals surface area contributed by atoms with Gasteiger partial charge < -0.3 is 5.32 Å². The maximum absolute atomic E-state index is 11.8. The first-order chi connectivity index (χ1) is 9.79. The molecule has 108 valence electrons. The summed E-state index contributed by atoms with van der Waals surface area (Å²) < 4.78 is 0. The Morgan fingerprint density at radius 3 is 2.35 bits per heavy atom. The lowest BCUT2D eigenvalue weighted by molar-refractivity contribution is -0.122. The number of hydrogen-bond donors (Lipinski definition) is 1. The van der Waals surface area contributed by atoms with E-state index >= 15 is 0 Å². The smallest absolute Gasteiger partial charge is 0.234 e. The zero-order chi connectivity index (χ0) is 13.8. The van der Waals surface area contributed by atoms with Gasteiger partial charge in [-0.3, -0.25) is 14.6 Å². The lowest BCUT2D eigenvalue weighted by Gasteiger charge is -2.34. The summed E-state index contributed by atoms with van der Waals surface area (Å²) in [6, 6.07) is 11.1. The number of carbonyl (C=O) groups is 1. The second-order valence-electron chi connectivity index (χ2n) is 5.88. The van der Waals surface area contributed by atoms with Gasteiger partial charge in [0.1, 0.15) is 0 Å². The fourth-order valence-electron chi connectivity index (χ4n) is 2.65. The minimum atomic E-state index is 0.198. The van der Waals surface area contributed by atoms with E-state index in [1.54, 1.807) is 0 Å². The molecule has 0 radical (unpaired) electrons. The summed E-state index contributed by atoms with van der Waals surface area (Å²) in [4.78, 5) is 16.5. The zero-order valence-electron chi connectivity index (χ0n) is 11.9. The van der Waals surface area contributed by atoms with Crippen LogP contribution >= 0.6 is 0 Å². The SMILES string of the molecule is O=C(CN1CCN(Cc2ccccc2)CC1)NC1CC1. The van der Waals surface area contributed by atoms with Crippen molar-refractivity contribution in [2.45, 2.75) is 25.4 Å². The van der Waals surface area contributed by atoms with Crippen LogP contribution in [0.1, 0.15) is 18.4 Å². The Labute approximate surface area is 120 Å². The van der Waals surface area contributed by atoms with Crippen LogP contribution in [0.4, 0.5) is 0 Å². The summed E-state index contributed by atoms with van der Waals surface area (Å²) >= 11 is 0. The molecule has 4 heteroatoms. The molecule has 1 aromatic carbocycles. The van der Waals surface area contributed by atoms with Crippen LogP contribution in [-0.2, 0) is 11.3 Å². The molecule has 0 bridgehead atoms. The summed E-state index contributed by atoms with van der Waals surface area (Å²) in [5, 5.41) is 3.06. The van der Waals surface area contributed by atoms with Crippen LogP contribution in [0, 0.1) is 0 Å². The average Bonchev–Trinajstić information content (AvgIpc) is 3.26. The lowest BCUT2D eigenvalue weighted by atomic mass is 10.2. The molecule has 1 N–H and O–H groups in total. The van der Waals surface area contributed by atoms with Crippen LogP contribution in [-0.4, -0.2) is 54.5 Å². The maximum Gasteiger partial charge on any atom is 0.234 e. The van der Waals surface area contributed by atoms with Crippen molar-refractivity contribution in [1.82, 2.24) is 15.1 Å². The minimum Gasteiger partial charge on any atom is -0.352 e. The molecule has 0 spiro atoms. The molecule has 2 aliphatic rings. The molecule has 1 aromatic rings. The molecule has 0 atom stereocenters. The van der Waals surface area contributed by atoms with Crippen LogP contribution in [0.5, 0.6) is 0 Å². The van der Waals surface area contributed by atoms with Crippen molar-refractivity contribution >= 4 is 5.91 Å². The molecule has 2 fully saturated rings. The van der Waals surface area contributed by atoms with E-state index in [0.717, 1.165) is 45.6 Å². The van der Waals surface area contributed by atoms with Crippen molar-refractivity contribution in [3.8, 4) is 0 Å². The fraction of sp³-hybridized carbons (Fsp3) is 0.562.